The molecule has 1 aromatic rings. The fourth-order valence-electron chi connectivity index (χ4n) is 2.94. The van der Waals surface area contributed by atoms with Gasteiger partial charge >= 0.3 is 0 Å². The first-order valence-electron chi connectivity index (χ1n) is 8.76. The largest absolute Gasteiger partial charge is 0.126 e. The first kappa shape index (κ1) is 20.3. The molecule has 126 valence electrons. The zero-order chi connectivity index (χ0) is 16.6. The van der Waals surface area contributed by atoms with E-state index < -0.39 is 0 Å². The zero-order valence-electron chi connectivity index (χ0n) is 14.4. The van der Waals surface area contributed by atoms with E-state index in [-0.39, 0.29) is 5.16 Å². The van der Waals surface area contributed by atoms with Gasteiger partial charge in [0.15, 0.2) is 0 Å². The SMILES string of the molecule is CCCCc1c(Cl)ccc(C(P)(CCCC)CCCC)c1Cl. The molecule has 0 aliphatic carbocycles. The van der Waals surface area contributed by atoms with E-state index in [2.05, 4.69) is 36.1 Å². The van der Waals surface area contributed by atoms with E-state index in [1.165, 1.54) is 44.1 Å². The number of rotatable bonds is 10. The van der Waals surface area contributed by atoms with Crippen molar-refractivity contribution >= 4 is 32.4 Å². The molecule has 1 atom stereocenters. The van der Waals surface area contributed by atoms with Crippen LogP contribution in [0.1, 0.15) is 83.3 Å². The van der Waals surface area contributed by atoms with E-state index >= 15 is 0 Å². The van der Waals surface area contributed by atoms with Gasteiger partial charge in [0.25, 0.3) is 0 Å². The molecule has 0 amide bonds. The summed E-state index contributed by atoms with van der Waals surface area (Å²) in [6.07, 6.45) is 10.5. The molecule has 0 radical (unpaired) electrons. The quantitative estimate of drug-likeness (QED) is 0.373. The van der Waals surface area contributed by atoms with Gasteiger partial charge in [0, 0.05) is 15.2 Å². The number of halogens is 2. The van der Waals surface area contributed by atoms with Crippen molar-refractivity contribution < 1.29 is 0 Å². The minimum absolute atomic E-state index is 0.0919. The molecule has 3 heteroatoms. The van der Waals surface area contributed by atoms with Crippen LogP contribution >= 0.6 is 32.4 Å². The third-order valence-corrected chi connectivity index (χ3v) is 6.13. The van der Waals surface area contributed by atoms with Crippen molar-refractivity contribution in [3.8, 4) is 0 Å². The molecule has 0 aliphatic rings. The minimum atomic E-state index is 0.0919. The van der Waals surface area contributed by atoms with Crippen LogP contribution in [0.25, 0.3) is 0 Å². The Balaban J connectivity index is 3.17. The van der Waals surface area contributed by atoms with Crippen molar-refractivity contribution in [2.24, 2.45) is 0 Å². The lowest BCUT2D eigenvalue weighted by Crippen LogP contribution is -2.19. The van der Waals surface area contributed by atoms with Gasteiger partial charge in [-0.2, -0.15) is 0 Å². The second-order valence-corrected chi connectivity index (χ2v) is 8.24. The van der Waals surface area contributed by atoms with Crippen LogP contribution < -0.4 is 0 Å². The van der Waals surface area contributed by atoms with Gasteiger partial charge in [0.1, 0.15) is 0 Å². The highest BCUT2D eigenvalue weighted by atomic mass is 35.5. The zero-order valence-corrected chi connectivity index (χ0v) is 17.0. The van der Waals surface area contributed by atoms with Crippen LogP contribution in [-0.2, 0) is 11.6 Å². The summed E-state index contributed by atoms with van der Waals surface area (Å²) >= 11 is 13.2. The van der Waals surface area contributed by atoms with E-state index in [1.54, 1.807) is 0 Å². The molecule has 0 bridgehead atoms. The Labute approximate surface area is 149 Å². The van der Waals surface area contributed by atoms with E-state index in [9.17, 15) is 0 Å². The van der Waals surface area contributed by atoms with Gasteiger partial charge in [-0.15, -0.1) is 9.24 Å². The van der Waals surface area contributed by atoms with Crippen molar-refractivity contribution in [3.63, 3.8) is 0 Å². The van der Waals surface area contributed by atoms with Gasteiger partial charge in [0.05, 0.1) is 0 Å². The van der Waals surface area contributed by atoms with Crippen molar-refractivity contribution in [1.82, 2.24) is 0 Å². The maximum atomic E-state index is 6.79. The second-order valence-electron chi connectivity index (χ2n) is 6.35. The minimum Gasteiger partial charge on any atom is -0.126 e. The van der Waals surface area contributed by atoms with E-state index in [1.807, 2.05) is 6.07 Å². The molecule has 0 saturated heterocycles. The second kappa shape index (κ2) is 10.2. The van der Waals surface area contributed by atoms with E-state index in [0.29, 0.717) is 0 Å². The molecule has 1 rings (SSSR count). The number of hydrogen-bond donors (Lipinski definition) is 0. The Bertz CT molecular complexity index is 449. The third-order valence-electron chi connectivity index (χ3n) is 4.46. The smallest absolute Gasteiger partial charge is 0.0493 e. The summed E-state index contributed by atoms with van der Waals surface area (Å²) in [6.45, 7) is 6.70. The number of unbranched alkanes of at least 4 members (excludes halogenated alkanes) is 3. The maximum absolute atomic E-state index is 6.79. The summed E-state index contributed by atoms with van der Waals surface area (Å²) in [4.78, 5) is 0. The molecule has 0 nitrogen and oxygen atoms in total. The van der Waals surface area contributed by atoms with Crippen molar-refractivity contribution in [2.45, 2.75) is 83.7 Å². The molecule has 1 unspecified atom stereocenters. The van der Waals surface area contributed by atoms with Gasteiger partial charge in [-0.3, -0.25) is 0 Å². The van der Waals surface area contributed by atoms with Crippen LogP contribution in [0.5, 0.6) is 0 Å². The molecule has 0 saturated carbocycles. The Kier molecular flexibility index (Phi) is 9.37. The van der Waals surface area contributed by atoms with Crippen LogP contribution in [0.3, 0.4) is 0 Å². The fraction of sp³-hybridized carbons (Fsp3) is 0.684. The molecule has 0 aromatic heterocycles. The highest BCUT2D eigenvalue weighted by molar-refractivity contribution is 7.18. The standard InChI is InChI=1S/C19H31Cl2P/c1-4-7-10-15-17(20)12-11-16(18(15)21)19(22,13-8-5-2)14-9-6-3/h11-12H,4-10,13-14,22H2,1-3H3. The van der Waals surface area contributed by atoms with Gasteiger partial charge in [-0.25, -0.2) is 0 Å². The van der Waals surface area contributed by atoms with Gasteiger partial charge in [-0.1, -0.05) is 82.1 Å². The molecular weight excluding hydrogens is 330 g/mol. The van der Waals surface area contributed by atoms with Gasteiger partial charge < -0.3 is 0 Å². The fourth-order valence-corrected chi connectivity index (χ4v) is 4.43. The van der Waals surface area contributed by atoms with Crippen LogP contribution in [-0.4, -0.2) is 0 Å². The molecular formula is C19H31Cl2P. The summed E-state index contributed by atoms with van der Waals surface area (Å²) in [5.41, 5.74) is 2.42. The predicted molar refractivity (Wildman–Crippen MR) is 106 cm³/mol. The molecule has 22 heavy (non-hydrogen) atoms. The number of hydrogen-bond acceptors (Lipinski definition) is 0. The third kappa shape index (κ3) is 5.40. The van der Waals surface area contributed by atoms with E-state index in [4.69, 9.17) is 23.2 Å². The molecule has 0 heterocycles. The van der Waals surface area contributed by atoms with Crippen LogP contribution in [0.2, 0.25) is 10.0 Å². The van der Waals surface area contributed by atoms with Crippen LogP contribution in [0.15, 0.2) is 12.1 Å². The lowest BCUT2D eigenvalue weighted by Gasteiger charge is -2.32. The summed E-state index contributed by atoms with van der Waals surface area (Å²) in [5.74, 6) is 0. The van der Waals surface area contributed by atoms with Gasteiger partial charge in [-0.05, 0) is 42.9 Å². The molecule has 0 N–H and O–H groups in total. The highest BCUT2D eigenvalue weighted by Crippen LogP contribution is 2.46. The first-order chi connectivity index (χ1) is 10.5. The Morgan fingerprint density at radius 2 is 1.45 bits per heavy atom. The molecule has 0 aliphatic heterocycles. The monoisotopic (exact) mass is 360 g/mol. The highest BCUT2D eigenvalue weighted by Gasteiger charge is 2.29. The average Bonchev–Trinajstić information content (AvgIpc) is 2.51. The van der Waals surface area contributed by atoms with Crippen molar-refractivity contribution in [1.29, 1.82) is 0 Å². The Morgan fingerprint density at radius 3 is 1.95 bits per heavy atom. The predicted octanol–water partition coefficient (Wildman–Crippen LogP) is 7.79. The summed E-state index contributed by atoms with van der Waals surface area (Å²) < 4.78 is 0. The maximum Gasteiger partial charge on any atom is 0.0493 e. The number of benzene rings is 1. The lowest BCUT2D eigenvalue weighted by atomic mass is 9.86. The average molecular weight is 361 g/mol. The topological polar surface area (TPSA) is 0 Å². The van der Waals surface area contributed by atoms with Gasteiger partial charge in [0.2, 0.25) is 0 Å². The molecule has 0 fully saturated rings. The van der Waals surface area contributed by atoms with Crippen molar-refractivity contribution in [3.05, 3.63) is 33.3 Å². The molecule has 0 spiro atoms. The lowest BCUT2D eigenvalue weighted by molar-refractivity contribution is 0.480. The Hall–Kier alpha value is 0.230. The normalized spacial score (nSPS) is 11.9. The summed E-state index contributed by atoms with van der Waals surface area (Å²) in [5, 5.41) is 1.82. The molecule has 1 aromatic carbocycles. The van der Waals surface area contributed by atoms with Crippen LogP contribution in [0, 0.1) is 0 Å². The van der Waals surface area contributed by atoms with E-state index in [0.717, 1.165) is 34.9 Å². The summed E-state index contributed by atoms with van der Waals surface area (Å²) in [6, 6.07) is 4.20. The first-order valence-corrected chi connectivity index (χ1v) is 10.1. The van der Waals surface area contributed by atoms with Crippen LogP contribution in [0.4, 0.5) is 0 Å². The Morgan fingerprint density at radius 1 is 0.909 bits per heavy atom. The summed E-state index contributed by atoms with van der Waals surface area (Å²) in [7, 11) is 3.12. The van der Waals surface area contributed by atoms with Crippen molar-refractivity contribution in [2.75, 3.05) is 0 Å².